The molecule has 1 aliphatic carbocycles. The van der Waals surface area contributed by atoms with Crippen molar-refractivity contribution in [1.82, 2.24) is 15.2 Å². The lowest BCUT2D eigenvalue weighted by atomic mass is 9.81. The molecule has 4 heteroatoms. The third-order valence-corrected chi connectivity index (χ3v) is 5.76. The first kappa shape index (κ1) is 14.5. The van der Waals surface area contributed by atoms with Gasteiger partial charge in [0.1, 0.15) is 5.01 Å². The summed E-state index contributed by atoms with van der Waals surface area (Å²) in [6.07, 6.45) is 7.40. The smallest absolute Gasteiger partial charge is 0.107 e. The molecule has 20 heavy (non-hydrogen) atoms. The minimum atomic E-state index is 0.310. The lowest BCUT2D eigenvalue weighted by Gasteiger charge is -2.50. The van der Waals surface area contributed by atoms with E-state index in [1.165, 1.54) is 37.2 Å². The Morgan fingerprint density at radius 3 is 2.75 bits per heavy atom. The van der Waals surface area contributed by atoms with Crippen LogP contribution in [0.2, 0.25) is 0 Å². The Morgan fingerprint density at radius 2 is 2.15 bits per heavy atom. The first-order chi connectivity index (χ1) is 9.49. The molecule has 2 heterocycles. The molecule has 1 aromatic heterocycles. The summed E-state index contributed by atoms with van der Waals surface area (Å²) in [6, 6.07) is 0.595. The quantitative estimate of drug-likeness (QED) is 0.907. The number of aromatic nitrogens is 1. The Morgan fingerprint density at radius 1 is 1.40 bits per heavy atom. The standard InChI is InChI=1S/C16H27N3S/c1-15(2,3)13-10-18-16(6-4-5-7-16)12-19(13)11-14-17-8-9-20-14/h8-9,13,18H,4-7,10-12H2,1-3H3. The largest absolute Gasteiger partial charge is 0.308 e. The van der Waals surface area contributed by atoms with Crippen LogP contribution >= 0.6 is 11.3 Å². The summed E-state index contributed by atoms with van der Waals surface area (Å²) in [7, 11) is 0. The molecule has 3 nitrogen and oxygen atoms in total. The van der Waals surface area contributed by atoms with Gasteiger partial charge >= 0.3 is 0 Å². The average Bonchev–Trinajstić information content (AvgIpc) is 3.00. The molecule has 1 N–H and O–H groups in total. The fourth-order valence-electron chi connectivity index (χ4n) is 3.91. The molecule has 1 spiro atoms. The highest BCUT2D eigenvalue weighted by atomic mass is 32.1. The van der Waals surface area contributed by atoms with E-state index in [0.29, 0.717) is 17.0 Å². The summed E-state index contributed by atoms with van der Waals surface area (Å²) in [5.74, 6) is 0. The highest BCUT2D eigenvalue weighted by Gasteiger charge is 2.44. The molecule has 0 radical (unpaired) electrons. The molecular formula is C16H27N3S. The second-order valence-corrected chi connectivity index (χ2v) is 8.56. The van der Waals surface area contributed by atoms with E-state index in [-0.39, 0.29) is 0 Å². The highest BCUT2D eigenvalue weighted by Crippen LogP contribution is 2.37. The highest BCUT2D eigenvalue weighted by molar-refractivity contribution is 7.09. The normalized spacial score (nSPS) is 27.2. The third kappa shape index (κ3) is 2.92. The van der Waals surface area contributed by atoms with Gasteiger partial charge in [0.15, 0.2) is 0 Å². The molecule has 1 atom stereocenters. The van der Waals surface area contributed by atoms with Gasteiger partial charge in [0.2, 0.25) is 0 Å². The van der Waals surface area contributed by atoms with Gasteiger partial charge in [0.05, 0.1) is 6.54 Å². The molecule has 2 fully saturated rings. The third-order valence-electron chi connectivity index (χ3n) is 5.00. The molecule has 1 aromatic rings. The number of nitrogens with one attached hydrogen (secondary N) is 1. The number of nitrogens with zero attached hydrogens (tertiary/aromatic N) is 2. The first-order valence-electron chi connectivity index (χ1n) is 7.86. The van der Waals surface area contributed by atoms with Crippen LogP contribution in [0.3, 0.4) is 0 Å². The van der Waals surface area contributed by atoms with Crippen LogP contribution in [0.1, 0.15) is 51.5 Å². The van der Waals surface area contributed by atoms with Gasteiger partial charge in [-0.3, -0.25) is 4.90 Å². The van der Waals surface area contributed by atoms with Gasteiger partial charge in [-0.05, 0) is 18.3 Å². The van der Waals surface area contributed by atoms with E-state index < -0.39 is 0 Å². The molecule has 3 rings (SSSR count). The average molecular weight is 293 g/mol. The predicted octanol–water partition coefficient (Wildman–Crippen LogP) is 3.28. The molecule has 1 saturated carbocycles. The Hall–Kier alpha value is -0.450. The minimum Gasteiger partial charge on any atom is -0.308 e. The van der Waals surface area contributed by atoms with Crippen LogP contribution in [0, 0.1) is 5.41 Å². The predicted molar refractivity (Wildman–Crippen MR) is 85.0 cm³/mol. The maximum Gasteiger partial charge on any atom is 0.107 e. The zero-order valence-corrected chi connectivity index (χ0v) is 13.8. The van der Waals surface area contributed by atoms with E-state index in [4.69, 9.17) is 0 Å². The summed E-state index contributed by atoms with van der Waals surface area (Å²) in [6.45, 7) is 10.4. The van der Waals surface area contributed by atoms with E-state index in [2.05, 4.69) is 41.4 Å². The molecule has 2 aliphatic rings. The molecule has 1 saturated heterocycles. The van der Waals surface area contributed by atoms with Gasteiger partial charge < -0.3 is 5.32 Å². The molecule has 0 aromatic carbocycles. The number of rotatable bonds is 2. The molecular weight excluding hydrogens is 266 g/mol. The Balaban J connectivity index is 1.78. The van der Waals surface area contributed by atoms with Crippen LogP contribution in [-0.2, 0) is 6.54 Å². The Kier molecular flexibility index (Phi) is 3.91. The summed E-state index contributed by atoms with van der Waals surface area (Å²) >= 11 is 1.79. The van der Waals surface area contributed by atoms with Gasteiger partial charge in [0, 0.05) is 36.2 Å². The van der Waals surface area contributed by atoms with Crippen molar-refractivity contribution in [3.63, 3.8) is 0 Å². The lowest BCUT2D eigenvalue weighted by molar-refractivity contribution is 0.0179. The van der Waals surface area contributed by atoms with Crippen molar-refractivity contribution in [2.45, 2.75) is 64.6 Å². The molecule has 0 amide bonds. The van der Waals surface area contributed by atoms with Crippen LogP contribution in [0.4, 0.5) is 0 Å². The molecule has 112 valence electrons. The maximum atomic E-state index is 4.50. The van der Waals surface area contributed by atoms with E-state index in [0.717, 1.165) is 13.1 Å². The number of thiazole rings is 1. The molecule has 1 aliphatic heterocycles. The Labute approximate surface area is 126 Å². The topological polar surface area (TPSA) is 28.2 Å². The van der Waals surface area contributed by atoms with Crippen LogP contribution in [-0.4, -0.2) is 34.6 Å². The van der Waals surface area contributed by atoms with Crippen LogP contribution in [0.5, 0.6) is 0 Å². The summed E-state index contributed by atoms with van der Waals surface area (Å²) in [5, 5.41) is 7.25. The zero-order valence-electron chi connectivity index (χ0n) is 13.0. The second kappa shape index (κ2) is 5.39. The SMILES string of the molecule is CC(C)(C)C1CNC2(CCCC2)CN1Cc1nccs1. The van der Waals surface area contributed by atoms with Crippen molar-refractivity contribution in [3.8, 4) is 0 Å². The summed E-state index contributed by atoms with van der Waals surface area (Å²) < 4.78 is 0. The van der Waals surface area contributed by atoms with Crippen LogP contribution < -0.4 is 5.32 Å². The van der Waals surface area contributed by atoms with Crippen molar-refractivity contribution in [3.05, 3.63) is 16.6 Å². The van der Waals surface area contributed by atoms with Crippen LogP contribution in [0.25, 0.3) is 0 Å². The maximum absolute atomic E-state index is 4.50. The van der Waals surface area contributed by atoms with Gasteiger partial charge in [-0.1, -0.05) is 33.6 Å². The first-order valence-corrected chi connectivity index (χ1v) is 8.74. The van der Waals surface area contributed by atoms with E-state index in [9.17, 15) is 0 Å². The van der Waals surface area contributed by atoms with Crippen molar-refractivity contribution in [1.29, 1.82) is 0 Å². The fourth-order valence-corrected chi connectivity index (χ4v) is 4.55. The number of hydrogen-bond acceptors (Lipinski definition) is 4. The van der Waals surface area contributed by atoms with Gasteiger partial charge in [0.25, 0.3) is 0 Å². The van der Waals surface area contributed by atoms with Crippen LogP contribution in [0.15, 0.2) is 11.6 Å². The van der Waals surface area contributed by atoms with Gasteiger partial charge in [-0.2, -0.15) is 0 Å². The number of hydrogen-bond donors (Lipinski definition) is 1. The van der Waals surface area contributed by atoms with E-state index >= 15 is 0 Å². The van der Waals surface area contributed by atoms with Crippen molar-refractivity contribution in [2.75, 3.05) is 13.1 Å². The molecule has 1 unspecified atom stereocenters. The van der Waals surface area contributed by atoms with Gasteiger partial charge in [-0.15, -0.1) is 11.3 Å². The van der Waals surface area contributed by atoms with Gasteiger partial charge in [-0.25, -0.2) is 4.98 Å². The van der Waals surface area contributed by atoms with Crippen molar-refractivity contribution < 1.29 is 0 Å². The van der Waals surface area contributed by atoms with Crippen molar-refractivity contribution in [2.24, 2.45) is 5.41 Å². The minimum absolute atomic E-state index is 0.310. The van der Waals surface area contributed by atoms with Crippen molar-refractivity contribution >= 4 is 11.3 Å². The summed E-state index contributed by atoms with van der Waals surface area (Å²) in [5.41, 5.74) is 0.698. The lowest BCUT2D eigenvalue weighted by Crippen LogP contribution is -2.65. The van der Waals surface area contributed by atoms with E-state index in [1.54, 1.807) is 11.3 Å². The monoisotopic (exact) mass is 293 g/mol. The molecule has 0 bridgehead atoms. The fraction of sp³-hybridized carbons (Fsp3) is 0.812. The zero-order chi connectivity index (χ0) is 14.2. The van der Waals surface area contributed by atoms with E-state index in [1.807, 2.05) is 6.20 Å². The number of piperazine rings is 1. The second-order valence-electron chi connectivity index (χ2n) is 7.58. The summed E-state index contributed by atoms with van der Waals surface area (Å²) in [4.78, 5) is 7.19. The Bertz CT molecular complexity index is 429.